The Morgan fingerprint density at radius 3 is 2.38 bits per heavy atom. The van der Waals surface area contributed by atoms with E-state index in [0.717, 1.165) is 17.1 Å². The third kappa shape index (κ3) is 2.41. The molecule has 1 rings (SSSR count). The summed E-state index contributed by atoms with van der Waals surface area (Å²) in [6, 6.07) is -0.155. The molecule has 0 radical (unpaired) electrons. The van der Waals surface area contributed by atoms with E-state index < -0.39 is 0 Å². The Morgan fingerprint density at radius 2 is 2.00 bits per heavy atom. The lowest BCUT2D eigenvalue weighted by Crippen LogP contribution is -2.34. The third-order valence-corrected chi connectivity index (χ3v) is 2.96. The number of anilines is 1. The molecule has 0 bridgehead atoms. The fraction of sp³-hybridized carbons (Fsp3) is 0.636. The van der Waals surface area contributed by atoms with Gasteiger partial charge in [0, 0.05) is 13.1 Å². The zero-order valence-electron chi connectivity index (χ0n) is 10.5. The number of carbonyl (C=O) groups is 1. The Labute approximate surface area is 96.0 Å². The smallest absolute Gasteiger partial charge is 0.228 e. The van der Waals surface area contributed by atoms with Crippen LogP contribution in [0.3, 0.4) is 0 Å². The van der Waals surface area contributed by atoms with Crippen LogP contribution in [0.1, 0.15) is 25.2 Å². The van der Waals surface area contributed by atoms with Gasteiger partial charge in [0.1, 0.15) is 0 Å². The van der Waals surface area contributed by atoms with Gasteiger partial charge in [0.05, 0.1) is 23.0 Å². The quantitative estimate of drug-likeness (QED) is 0.803. The molecule has 1 aromatic heterocycles. The number of nitrogens with zero attached hydrogens (tertiary/aromatic N) is 2. The molecule has 3 N–H and O–H groups in total. The zero-order valence-corrected chi connectivity index (χ0v) is 10.5. The van der Waals surface area contributed by atoms with Gasteiger partial charge in [0.15, 0.2) is 0 Å². The molecule has 0 aliphatic carbocycles. The fourth-order valence-corrected chi connectivity index (χ4v) is 1.43. The molecule has 5 heteroatoms. The van der Waals surface area contributed by atoms with Crippen molar-refractivity contribution >= 4 is 11.6 Å². The van der Waals surface area contributed by atoms with Gasteiger partial charge in [-0.05, 0) is 20.8 Å². The van der Waals surface area contributed by atoms with E-state index in [-0.39, 0.29) is 17.9 Å². The molecule has 0 fully saturated rings. The van der Waals surface area contributed by atoms with Crippen LogP contribution < -0.4 is 11.1 Å². The molecule has 0 spiro atoms. The van der Waals surface area contributed by atoms with E-state index in [4.69, 9.17) is 5.73 Å². The van der Waals surface area contributed by atoms with Crippen molar-refractivity contribution in [3.63, 3.8) is 0 Å². The van der Waals surface area contributed by atoms with Gasteiger partial charge in [-0.2, -0.15) is 5.10 Å². The van der Waals surface area contributed by atoms with Crippen LogP contribution in [0.5, 0.6) is 0 Å². The van der Waals surface area contributed by atoms with Gasteiger partial charge < -0.3 is 11.1 Å². The first-order valence-electron chi connectivity index (χ1n) is 5.41. The number of amides is 1. The third-order valence-electron chi connectivity index (χ3n) is 2.96. The highest BCUT2D eigenvalue weighted by Gasteiger charge is 2.19. The second-order valence-corrected chi connectivity index (χ2v) is 4.31. The van der Waals surface area contributed by atoms with E-state index in [1.807, 2.05) is 34.7 Å². The van der Waals surface area contributed by atoms with Crippen molar-refractivity contribution in [1.29, 1.82) is 0 Å². The first-order chi connectivity index (χ1) is 7.34. The molecule has 0 saturated heterocycles. The summed E-state index contributed by atoms with van der Waals surface area (Å²) in [5.41, 5.74) is 8.25. The van der Waals surface area contributed by atoms with E-state index in [2.05, 4.69) is 10.4 Å². The lowest BCUT2D eigenvalue weighted by atomic mass is 10.0. The summed E-state index contributed by atoms with van der Waals surface area (Å²) < 4.78 is 1.75. The summed E-state index contributed by atoms with van der Waals surface area (Å²) in [5, 5.41) is 7.12. The SMILES string of the molecule is Cc1nn(C)c(C)c1NC(=O)C(C)C(C)N. The average molecular weight is 224 g/mol. The average Bonchev–Trinajstić information content (AvgIpc) is 2.43. The fourth-order valence-electron chi connectivity index (χ4n) is 1.43. The summed E-state index contributed by atoms with van der Waals surface area (Å²) >= 11 is 0. The minimum Gasteiger partial charge on any atom is -0.327 e. The summed E-state index contributed by atoms with van der Waals surface area (Å²) in [6.45, 7) is 7.44. The molecule has 0 aliphatic heterocycles. The van der Waals surface area contributed by atoms with Crippen molar-refractivity contribution in [2.75, 3.05) is 5.32 Å². The van der Waals surface area contributed by atoms with Gasteiger partial charge in [0.25, 0.3) is 0 Å². The maximum absolute atomic E-state index is 11.8. The number of nitrogens with one attached hydrogen (secondary N) is 1. The Kier molecular flexibility index (Phi) is 3.70. The highest BCUT2D eigenvalue weighted by molar-refractivity contribution is 5.93. The van der Waals surface area contributed by atoms with Crippen molar-refractivity contribution in [2.24, 2.45) is 18.7 Å². The molecule has 0 saturated carbocycles. The van der Waals surface area contributed by atoms with Crippen LogP contribution in [0.15, 0.2) is 0 Å². The normalized spacial score (nSPS) is 14.6. The standard InChI is InChI=1S/C11H20N4O/c1-6(7(2)12)11(16)13-10-8(3)14-15(5)9(10)4/h6-7H,12H2,1-5H3,(H,13,16). The first-order valence-corrected chi connectivity index (χ1v) is 5.41. The van der Waals surface area contributed by atoms with Gasteiger partial charge in [0.2, 0.25) is 5.91 Å². The Morgan fingerprint density at radius 1 is 1.44 bits per heavy atom. The van der Waals surface area contributed by atoms with E-state index >= 15 is 0 Å². The number of nitrogens with two attached hydrogens (primary N) is 1. The van der Waals surface area contributed by atoms with E-state index in [1.165, 1.54) is 0 Å². The molecular formula is C11H20N4O. The highest BCUT2D eigenvalue weighted by atomic mass is 16.1. The van der Waals surface area contributed by atoms with Crippen LogP contribution in [0.4, 0.5) is 5.69 Å². The molecule has 0 aliphatic rings. The van der Waals surface area contributed by atoms with Crippen molar-refractivity contribution in [3.05, 3.63) is 11.4 Å². The minimum absolute atomic E-state index is 0.0609. The van der Waals surface area contributed by atoms with Gasteiger partial charge >= 0.3 is 0 Å². The number of aromatic nitrogens is 2. The lowest BCUT2D eigenvalue weighted by molar-refractivity contribution is -0.119. The van der Waals surface area contributed by atoms with E-state index in [9.17, 15) is 4.79 Å². The number of carbonyl (C=O) groups excluding carboxylic acids is 1. The monoisotopic (exact) mass is 224 g/mol. The Balaban J connectivity index is 2.85. The molecule has 1 amide bonds. The summed E-state index contributed by atoms with van der Waals surface area (Å²) in [4.78, 5) is 11.8. The summed E-state index contributed by atoms with van der Waals surface area (Å²) in [7, 11) is 1.85. The number of hydrogen-bond acceptors (Lipinski definition) is 3. The van der Waals surface area contributed by atoms with Crippen LogP contribution >= 0.6 is 0 Å². The molecule has 5 nitrogen and oxygen atoms in total. The predicted octanol–water partition coefficient (Wildman–Crippen LogP) is 0.959. The molecule has 0 aromatic carbocycles. The van der Waals surface area contributed by atoms with Crippen molar-refractivity contribution in [1.82, 2.24) is 9.78 Å². The number of hydrogen-bond donors (Lipinski definition) is 2. The number of aryl methyl sites for hydroxylation is 2. The minimum atomic E-state index is -0.209. The van der Waals surface area contributed by atoms with E-state index in [0.29, 0.717) is 0 Å². The van der Waals surface area contributed by atoms with Gasteiger partial charge in [-0.15, -0.1) is 0 Å². The number of rotatable bonds is 3. The maximum atomic E-state index is 11.8. The summed E-state index contributed by atoms with van der Waals surface area (Å²) in [6.07, 6.45) is 0. The molecule has 1 aromatic rings. The maximum Gasteiger partial charge on any atom is 0.228 e. The highest BCUT2D eigenvalue weighted by Crippen LogP contribution is 2.19. The van der Waals surface area contributed by atoms with E-state index in [1.54, 1.807) is 4.68 Å². The predicted molar refractivity (Wildman–Crippen MR) is 64.1 cm³/mol. The van der Waals surface area contributed by atoms with Crippen LogP contribution in [0.25, 0.3) is 0 Å². The molecule has 2 atom stereocenters. The molecule has 16 heavy (non-hydrogen) atoms. The Hall–Kier alpha value is -1.36. The lowest BCUT2D eigenvalue weighted by Gasteiger charge is -2.15. The van der Waals surface area contributed by atoms with Crippen molar-refractivity contribution in [2.45, 2.75) is 33.7 Å². The van der Waals surface area contributed by atoms with Gasteiger partial charge in [-0.3, -0.25) is 9.48 Å². The molecule has 2 unspecified atom stereocenters. The van der Waals surface area contributed by atoms with Crippen LogP contribution in [-0.4, -0.2) is 21.7 Å². The van der Waals surface area contributed by atoms with Crippen molar-refractivity contribution in [3.8, 4) is 0 Å². The topological polar surface area (TPSA) is 72.9 Å². The van der Waals surface area contributed by atoms with Crippen LogP contribution in [0.2, 0.25) is 0 Å². The largest absolute Gasteiger partial charge is 0.327 e. The Bertz CT molecular complexity index is 395. The van der Waals surface area contributed by atoms with Crippen molar-refractivity contribution < 1.29 is 4.79 Å². The second-order valence-electron chi connectivity index (χ2n) is 4.31. The second kappa shape index (κ2) is 4.65. The zero-order chi connectivity index (χ0) is 12.5. The van der Waals surface area contributed by atoms with Crippen LogP contribution in [-0.2, 0) is 11.8 Å². The first kappa shape index (κ1) is 12.7. The van der Waals surface area contributed by atoms with Gasteiger partial charge in [-0.1, -0.05) is 6.92 Å². The summed E-state index contributed by atoms with van der Waals surface area (Å²) in [5.74, 6) is -0.270. The van der Waals surface area contributed by atoms with Gasteiger partial charge in [-0.25, -0.2) is 0 Å². The molecule has 90 valence electrons. The molecular weight excluding hydrogens is 204 g/mol. The molecule has 1 heterocycles. The van der Waals surface area contributed by atoms with Crippen LogP contribution in [0, 0.1) is 19.8 Å².